The minimum atomic E-state index is 0.317. The summed E-state index contributed by atoms with van der Waals surface area (Å²) in [6.45, 7) is 2.44. The topological polar surface area (TPSA) is 15.3 Å². The quantitative estimate of drug-likeness (QED) is 0.774. The minimum Gasteiger partial charge on any atom is -0.312 e. The number of rotatable bonds is 4. The van der Waals surface area contributed by atoms with Crippen molar-refractivity contribution < 1.29 is 0 Å². The van der Waals surface area contributed by atoms with E-state index in [0.29, 0.717) is 11.6 Å². The third-order valence-corrected chi connectivity index (χ3v) is 5.92. The van der Waals surface area contributed by atoms with Gasteiger partial charge in [-0.15, -0.1) is 0 Å². The zero-order valence-electron chi connectivity index (χ0n) is 14.8. The number of nitrogens with zero attached hydrogens (tertiary/aromatic N) is 1. The zero-order valence-corrected chi connectivity index (χ0v) is 14.8. The van der Waals surface area contributed by atoms with E-state index in [0.717, 1.165) is 5.92 Å². The molecule has 0 spiro atoms. The van der Waals surface area contributed by atoms with Crippen LogP contribution in [0.5, 0.6) is 0 Å². The molecule has 0 aromatic rings. The Balaban J connectivity index is 2.26. The van der Waals surface area contributed by atoms with Crippen LogP contribution in [0.2, 0.25) is 0 Å². The van der Waals surface area contributed by atoms with Gasteiger partial charge in [0.1, 0.15) is 0 Å². The highest BCUT2D eigenvalue weighted by molar-refractivity contribution is 5.21. The summed E-state index contributed by atoms with van der Waals surface area (Å²) in [6.07, 6.45) is 16.2. The number of hydrogen-bond acceptors (Lipinski definition) is 2. The lowest BCUT2D eigenvalue weighted by Gasteiger charge is -2.51. The summed E-state index contributed by atoms with van der Waals surface area (Å²) in [5, 5.41) is 3.72. The van der Waals surface area contributed by atoms with Crippen LogP contribution in [0, 0.1) is 5.92 Å². The van der Waals surface area contributed by atoms with Gasteiger partial charge in [-0.25, -0.2) is 0 Å². The predicted octanol–water partition coefficient (Wildman–Crippen LogP) is 4.37. The average molecular weight is 293 g/mol. The molecular weight excluding hydrogens is 256 g/mol. The van der Waals surface area contributed by atoms with Crippen LogP contribution in [0.15, 0.2) is 11.6 Å². The van der Waals surface area contributed by atoms with Crippen LogP contribution >= 0.6 is 0 Å². The number of allylic oxidation sites excluding steroid dienone is 1. The van der Waals surface area contributed by atoms with Crippen LogP contribution in [0.1, 0.15) is 71.1 Å². The monoisotopic (exact) mass is 292 g/mol. The van der Waals surface area contributed by atoms with Crippen molar-refractivity contribution in [3.63, 3.8) is 0 Å². The molecule has 1 fully saturated rings. The molecule has 0 aromatic heterocycles. The van der Waals surface area contributed by atoms with Crippen molar-refractivity contribution in [1.82, 2.24) is 10.2 Å². The van der Waals surface area contributed by atoms with E-state index in [2.05, 4.69) is 44.4 Å². The SMILES string of the molecule is CNC(C1=CCCCCCC1)C1(N(C)C)CCCC(C)C1. The van der Waals surface area contributed by atoms with Crippen molar-refractivity contribution in [3.8, 4) is 0 Å². The number of hydrogen-bond donors (Lipinski definition) is 1. The lowest BCUT2D eigenvalue weighted by Crippen LogP contribution is -2.61. The van der Waals surface area contributed by atoms with E-state index in [1.807, 2.05) is 0 Å². The molecule has 122 valence electrons. The van der Waals surface area contributed by atoms with Crippen LogP contribution in [0.3, 0.4) is 0 Å². The van der Waals surface area contributed by atoms with E-state index in [1.165, 1.54) is 64.2 Å². The standard InChI is InChI=1S/C19H36N2/c1-16-11-10-14-19(15-16,21(3)4)18(20-2)17-12-8-6-5-7-9-13-17/h12,16,18,20H,5-11,13-15H2,1-4H3. The second kappa shape index (κ2) is 7.78. The van der Waals surface area contributed by atoms with Gasteiger partial charge < -0.3 is 10.2 Å². The molecule has 21 heavy (non-hydrogen) atoms. The molecule has 0 radical (unpaired) electrons. The smallest absolute Gasteiger partial charge is 0.0463 e. The Bertz CT molecular complexity index is 347. The molecule has 0 saturated heterocycles. The molecule has 1 saturated carbocycles. The maximum atomic E-state index is 3.72. The average Bonchev–Trinajstić information content (AvgIpc) is 2.41. The Morgan fingerprint density at radius 3 is 2.62 bits per heavy atom. The van der Waals surface area contributed by atoms with Crippen molar-refractivity contribution in [2.75, 3.05) is 21.1 Å². The van der Waals surface area contributed by atoms with E-state index < -0.39 is 0 Å². The molecule has 2 aliphatic rings. The fourth-order valence-electron chi connectivity index (χ4n) is 4.77. The van der Waals surface area contributed by atoms with Gasteiger partial charge in [0.15, 0.2) is 0 Å². The van der Waals surface area contributed by atoms with E-state index in [-0.39, 0.29) is 0 Å². The first-order chi connectivity index (χ1) is 10.1. The maximum absolute atomic E-state index is 3.72. The van der Waals surface area contributed by atoms with E-state index in [4.69, 9.17) is 0 Å². The van der Waals surface area contributed by atoms with Crippen molar-refractivity contribution in [2.45, 2.75) is 82.7 Å². The molecule has 0 aliphatic heterocycles. The molecule has 2 heteroatoms. The molecule has 2 aliphatic carbocycles. The van der Waals surface area contributed by atoms with E-state index in [9.17, 15) is 0 Å². The first-order valence-electron chi connectivity index (χ1n) is 9.14. The van der Waals surface area contributed by atoms with Gasteiger partial charge >= 0.3 is 0 Å². The lowest BCUT2D eigenvalue weighted by atomic mass is 9.68. The second-order valence-corrected chi connectivity index (χ2v) is 7.65. The summed E-state index contributed by atoms with van der Waals surface area (Å²) in [4.78, 5) is 2.53. The largest absolute Gasteiger partial charge is 0.312 e. The molecule has 3 atom stereocenters. The summed E-state index contributed by atoms with van der Waals surface area (Å²) in [7, 11) is 6.77. The highest BCUT2D eigenvalue weighted by atomic mass is 15.2. The van der Waals surface area contributed by atoms with Gasteiger partial charge in [0.2, 0.25) is 0 Å². The van der Waals surface area contributed by atoms with Gasteiger partial charge in [-0.2, -0.15) is 0 Å². The summed E-state index contributed by atoms with van der Waals surface area (Å²) in [6, 6.07) is 0.536. The van der Waals surface area contributed by atoms with Crippen LogP contribution in [0.4, 0.5) is 0 Å². The summed E-state index contributed by atoms with van der Waals surface area (Å²) < 4.78 is 0. The summed E-state index contributed by atoms with van der Waals surface area (Å²) >= 11 is 0. The van der Waals surface area contributed by atoms with Gasteiger partial charge in [-0.1, -0.05) is 44.3 Å². The predicted molar refractivity (Wildman–Crippen MR) is 92.7 cm³/mol. The Labute approximate surface area is 132 Å². The van der Waals surface area contributed by atoms with Crippen LogP contribution < -0.4 is 5.32 Å². The highest BCUT2D eigenvalue weighted by Gasteiger charge is 2.44. The molecular formula is C19H36N2. The van der Waals surface area contributed by atoms with Gasteiger partial charge in [0.05, 0.1) is 0 Å². The summed E-state index contributed by atoms with van der Waals surface area (Å²) in [5.74, 6) is 0.853. The summed E-state index contributed by atoms with van der Waals surface area (Å²) in [5.41, 5.74) is 2.01. The molecule has 0 amide bonds. The Kier molecular flexibility index (Phi) is 6.31. The van der Waals surface area contributed by atoms with E-state index >= 15 is 0 Å². The van der Waals surface area contributed by atoms with Crippen LogP contribution in [-0.4, -0.2) is 37.6 Å². The molecule has 3 unspecified atom stereocenters. The maximum Gasteiger partial charge on any atom is 0.0463 e. The molecule has 0 heterocycles. The van der Waals surface area contributed by atoms with Gasteiger partial charge in [0, 0.05) is 11.6 Å². The second-order valence-electron chi connectivity index (χ2n) is 7.65. The lowest BCUT2D eigenvalue weighted by molar-refractivity contribution is 0.0500. The van der Waals surface area contributed by atoms with Gasteiger partial charge in [0.25, 0.3) is 0 Å². The first-order valence-corrected chi connectivity index (χ1v) is 9.14. The Morgan fingerprint density at radius 1 is 1.19 bits per heavy atom. The molecule has 0 aromatic carbocycles. The number of likely N-dealkylation sites (N-methyl/N-ethyl adjacent to an activating group) is 2. The zero-order chi connectivity index (χ0) is 15.3. The van der Waals surface area contributed by atoms with Gasteiger partial charge in [-0.3, -0.25) is 0 Å². The van der Waals surface area contributed by atoms with Crippen molar-refractivity contribution >= 4 is 0 Å². The van der Waals surface area contributed by atoms with E-state index in [1.54, 1.807) is 5.57 Å². The minimum absolute atomic E-state index is 0.317. The van der Waals surface area contributed by atoms with Crippen LogP contribution in [0.25, 0.3) is 0 Å². The van der Waals surface area contributed by atoms with Gasteiger partial charge in [-0.05, 0) is 65.6 Å². The van der Waals surface area contributed by atoms with Crippen molar-refractivity contribution in [3.05, 3.63) is 11.6 Å². The van der Waals surface area contributed by atoms with Crippen LogP contribution in [-0.2, 0) is 0 Å². The normalized spacial score (nSPS) is 33.2. The Hall–Kier alpha value is -0.340. The molecule has 2 nitrogen and oxygen atoms in total. The van der Waals surface area contributed by atoms with Crippen molar-refractivity contribution in [1.29, 1.82) is 0 Å². The third kappa shape index (κ3) is 3.90. The molecule has 2 rings (SSSR count). The molecule has 1 N–H and O–H groups in total. The molecule has 0 bridgehead atoms. The number of nitrogens with one attached hydrogen (secondary N) is 1. The Morgan fingerprint density at radius 2 is 1.95 bits per heavy atom. The van der Waals surface area contributed by atoms with Crippen molar-refractivity contribution in [2.24, 2.45) is 5.92 Å². The first kappa shape index (κ1) is 17.0. The fourth-order valence-corrected chi connectivity index (χ4v) is 4.77. The highest BCUT2D eigenvalue weighted by Crippen LogP contribution is 2.41. The fraction of sp³-hybridized carbons (Fsp3) is 0.895. The third-order valence-electron chi connectivity index (χ3n) is 5.92.